The van der Waals surface area contributed by atoms with Crippen molar-refractivity contribution < 1.29 is 23.1 Å². The number of nitrogens with one attached hydrogen (secondary N) is 1. The van der Waals surface area contributed by atoms with Crippen LogP contribution in [0.25, 0.3) is 0 Å². The van der Waals surface area contributed by atoms with Crippen molar-refractivity contribution >= 4 is 17.5 Å². The number of phenolic OH excluding ortho intramolecular Hbond substituents is 1. The van der Waals surface area contributed by atoms with Gasteiger partial charge in [-0.05, 0) is 31.2 Å². The molecule has 0 aliphatic heterocycles. The molecule has 7 heteroatoms. The number of aromatic hydroxyl groups is 1. The van der Waals surface area contributed by atoms with Crippen molar-refractivity contribution in [3.05, 3.63) is 29.1 Å². The first kappa shape index (κ1) is 15.9. The minimum absolute atomic E-state index is 0.0599. The molecule has 1 amide bonds. The lowest BCUT2D eigenvalue weighted by atomic mass is 9.89. The van der Waals surface area contributed by atoms with E-state index in [2.05, 4.69) is 5.32 Å². The van der Waals surface area contributed by atoms with Crippen molar-refractivity contribution in [1.82, 2.24) is 5.32 Å². The zero-order valence-electron chi connectivity index (χ0n) is 11.1. The predicted molar refractivity (Wildman–Crippen MR) is 71.9 cm³/mol. The molecule has 1 aromatic carbocycles. The van der Waals surface area contributed by atoms with Crippen LogP contribution >= 0.6 is 11.6 Å². The average molecular weight is 322 g/mol. The van der Waals surface area contributed by atoms with Crippen molar-refractivity contribution in [2.45, 2.75) is 31.1 Å². The van der Waals surface area contributed by atoms with Crippen molar-refractivity contribution in [3.8, 4) is 5.75 Å². The van der Waals surface area contributed by atoms with Crippen LogP contribution in [0.4, 0.5) is 13.2 Å². The fraction of sp³-hybridized carbons (Fsp3) is 0.500. The minimum atomic E-state index is -1.71. The third-order valence-electron chi connectivity index (χ3n) is 3.65. The van der Waals surface area contributed by atoms with Crippen LogP contribution in [0.5, 0.6) is 5.75 Å². The van der Waals surface area contributed by atoms with Crippen LogP contribution in [0.2, 0.25) is 0 Å². The summed E-state index contributed by atoms with van der Waals surface area (Å²) in [6.07, 6.45) is 3.52. The van der Waals surface area contributed by atoms with Gasteiger partial charge in [0.05, 0.1) is 5.56 Å². The van der Waals surface area contributed by atoms with Crippen molar-refractivity contribution in [1.29, 1.82) is 0 Å². The number of carbonyl (C=O) groups excluding carboxylic acids is 1. The van der Waals surface area contributed by atoms with Gasteiger partial charge in [-0.25, -0.2) is 8.78 Å². The van der Waals surface area contributed by atoms with Gasteiger partial charge in [0.1, 0.15) is 0 Å². The Balaban J connectivity index is 2.04. The molecular weight excluding hydrogens is 307 g/mol. The fourth-order valence-electron chi connectivity index (χ4n) is 2.50. The first-order chi connectivity index (χ1) is 9.90. The summed E-state index contributed by atoms with van der Waals surface area (Å²) in [5.41, 5.74) is -0.718. The standard InChI is InChI=1S/C14H15ClF3NO2/c15-8-3-1-2-7(4-8)6-19-14(21)9-5-10(16)12(18)13(20)11(9)17/h5,7-8,20H,1-4,6H2,(H,19,21). The Kier molecular flexibility index (Phi) is 4.98. The average Bonchev–Trinajstić information content (AvgIpc) is 2.46. The van der Waals surface area contributed by atoms with E-state index in [0.717, 1.165) is 25.7 Å². The highest BCUT2D eigenvalue weighted by Gasteiger charge is 2.24. The topological polar surface area (TPSA) is 49.3 Å². The van der Waals surface area contributed by atoms with Gasteiger partial charge in [-0.15, -0.1) is 11.6 Å². The van der Waals surface area contributed by atoms with E-state index in [9.17, 15) is 18.0 Å². The minimum Gasteiger partial charge on any atom is -0.503 e. The lowest BCUT2D eigenvalue weighted by Crippen LogP contribution is -2.32. The number of rotatable bonds is 3. The highest BCUT2D eigenvalue weighted by molar-refractivity contribution is 6.20. The number of carbonyl (C=O) groups is 1. The highest BCUT2D eigenvalue weighted by atomic mass is 35.5. The van der Waals surface area contributed by atoms with Crippen LogP contribution in [-0.2, 0) is 0 Å². The monoisotopic (exact) mass is 321 g/mol. The van der Waals surface area contributed by atoms with E-state index in [-0.39, 0.29) is 17.8 Å². The van der Waals surface area contributed by atoms with Crippen LogP contribution in [-0.4, -0.2) is 22.9 Å². The summed E-state index contributed by atoms with van der Waals surface area (Å²) in [7, 11) is 0. The van der Waals surface area contributed by atoms with E-state index in [1.165, 1.54) is 0 Å². The summed E-state index contributed by atoms with van der Waals surface area (Å²) < 4.78 is 39.7. The molecule has 1 aliphatic rings. The number of phenols is 1. The molecule has 0 bridgehead atoms. The number of hydrogen-bond acceptors (Lipinski definition) is 2. The zero-order chi connectivity index (χ0) is 15.6. The van der Waals surface area contributed by atoms with E-state index in [1.807, 2.05) is 0 Å². The van der Waals surface area contributed by atoms with Crippen LogP contribution in [0.3, 0.4) is 0 Å². The second-order valence-corrected chi connectivity index (χ2v) is 5.84. The van der Waals surface area contributed by atoms with Crippen molar-refractivity contribution in [2.75, 3.05) is 6.54 Å². The van der Waals surface area contributed by atoms with Gasteiger partial charge < -0.3 is 10.4 Å². The molecule has 2 unspecified atom stereocenters. The third kappa shape index (κ3) is 3.61. The summed E-state index contributed by atoms with van der Waals surface area (Å²) >= 11 is 6.03. The van der Waals surface area contributed by atoms with Gasteiger partial charge in [-0.3, -0.25) is 4.79 Å². The Morgan fingerprint density at radius 1 is 1.33 bits per heavy atom. The molecule has 0 heterocycles. The fourth-order valence-corrected chi connectivity index (χ4v) is 2.91. The molecule has 2 N–H and O–H groups in total. The Morgan fingerprint density at radius 3 is 2.71 bits per heavy atom. The van der Waals surface area contributed by atoms with E-state index >= 15 is 0 Å². The van der Waals surface area contributed by atoms with E-state index in [0.29, 0.717) is 6.07 Å². The summed E-state index contributed by atoms with van der Waals surface area (Å²) in [5.74, 6) is -6.85. The van der Waals surface area contributed by atoms with Gasteiger partial charge in [0.15, 0.2) is 17.4 Å². The van der Waals surface area contributed by atoms with E-state index in [4.69, 9.17) is 16.7 Å². The maximum Gasteiger partial charge on any atom is 0.254 e. The van der Waals surface area contributed by atoms with Crippen molar-refractivity contribution in [3.63, 3.8) is 0 Å². The van der Waals surface area contributed by atoms with E-state index in [1.54, 1.807) is 0 Å². The maximum atomic E-state index is 13.6. The van der Waals surface area contributed by atoms with Crippen LogP contribution in [0, 0.1) is 23.4 Å². The first-order valence-electron chi connectivity index (χ1n) is 6.69. The molecule has 1 aliphatic carbocycles. The highest BCUT2D eigenvalue weighted by Crippen LogP contribution is 2.28. The summed E-state index contributed by atoms with van der Waals surface area (Å²) in [5, 5.41) is 11.6. The van der Waals surface area contributed by atoms with Gasteiger partial charge in [-0.1, -0.05) is 6.42 Å². The zero-order valence-corrected chi connectivity index (χ0v) is 11.9. The summed E-state index contributed by atoms with van der Waals surface area (Å²) in [6, 6.07) is 0.435. The Labute approximate surface area is 125 Å². The normalized spacial score (nSPS) is 22.1. The van der Waals surface area contributed by atoms with Crippen LogP contribution in [0.15, 0.2) is 6.07 Å². The molecule has 21 heavy (non-hydrogen) atoms. The Morgan fingerprint density at radius 2 is 2.05 bits per heavy atom. The third-order valence-corrected chi connectivity index (χ3v) is 4.04. The summed E-state index contributed by atoms with van der Waals surface area (Å²) in [4.78, 5) is 11.8. The quantitative estimate of drug-likeness (QED) is 0.662. The molecule has 1 saturated carbocycles. The number of hydrogen-bond donors (Lipinski definition) is 2. The first-order valence-corrected chi connectivity index (χ1v) is 7.12. The molecule has 116 valence electrons. The summed E-state index contributed by atoms with van der Waals surface area (Å²) in [6.45, 7) is 0.279. The van der Waals surface area contributed by atoms with Gasteiger partial charge in [0.2, 0.25) is 5.82 Å². The Hall–Kier alpha value is -1.43. The van der Waals surface area contributed by atoms with Crippen LogP contribution in [0.1, 0.15) is 36.0 Å². The molecule has 0 aromatic heterocycles. The molecule has 0 radical (unpaired) electrons. The SMILES string of the molecule is O=C(NCC1CCCC(Cl)C1)c1cc(F)c(F)c(O)c1F. The molecule has 0 spiro atoms. The second kappa shape index (κ2) is 6.56. The number of alkyl halides is 1. The largest absolute Gasteiger partial charge is 0.503 e. The molecule has 1 aromatic rings. The number of amides is 1. The Bertz CT molecular complexity index is 554. The molecule has 1 fully saturated rings. The van der Waals surface area contributed by atoms with Crippen molar-refractivity contribution in [2.24, 2.45) is 5.92 Å². The second-order valence-electron chi connectivity index (χ2n) is 5.22. The predicted octanol–water partition coefficient (Wildman–Crippen LogP) is 3.34. The van der Waals surface area contributed by atoms with Gasteiger partial charge >= 0.3 is 0 Å². The molecule has 0 saturated heterocycles. The number of benzene rings is 1. The molecule has 3 nitrogen and oxygen atoms in total. The lowest BCUT2D eigenvalue weighted by molar-refractivity contribution is 0.0938. The van der Waals surface area contributed by atoms with Gasteiger partial charge in [0.25, 0.3) is 5.91 Å². The number of halogens is 4. The van der Waals surface area contributed by atoms with Gasteiger partial charge in [-0.2, -0.15) is 4.39 Å². The lowest BCUT2D eigenvalue weighted by Gasteiger charge is -2.25. The van der Waals surface area contributed by atoms with E-state index < -0.39 is 34.7 Å². The molecule has 2 atom stereocenters. The van der Waals surface area contributed by atoms with Crippen LogP contribution < -0.4 is 5.32 Å². The smallest absolute Gasteiger partial charge is 0.254 e. The van der Waals surface area contributed by atoms with Gasteiger partial charge in [0, 0.05) is 11.9 Å². The molecule has 2 rings (SSSR count). The maximum absolute atomic E-state index is 13.6. The molecular formula is C14H15ClF3NO2.